The molecule has 1 aliphatic carbocycles. The van der Waals surface area contributed by atoms with Gasteiger partial charge in [-0.3, -0.25) is 29.1 Å². The highest BCUT2D eigenvalue weighted by molar-refractivity contribution is 6.08. The molecular weight excluding hydrogens is 801 g/mol. The summed E-state index contributed by atoms with van der Waals surface area (Å²) in [6, 6.07) is 6.78. The number of likely N-dealkylation sites (tertiary alicyclic amines) is 1. The largest absolute Gasteiger partial charge is 0.374 e. The molecule has 8 heterocycles. The number of amides is 3. The van der Waals surface area contributed by atoms with Crippen LogP contribution in [0, 0.1) is 17.8 Å². The fourth-order valence-corrected chi connectivity index (χ4v) is 9.77. The Hall–Kier alpha value is -5.77. The van der Waals surface area contributed by atoms with E-state index in [0.717, 1.165) is 43.3 Å². The topological polar surface area (TPSA) is 166 Å². The number of hydrogen-bond acceptors (Lipinski definition) is 11. The first-order valence-corrected chi connectivity index (χ1v) is 21.3. The van der Waals surface area contributed by atoms with Crippen molar-refractivity contribution >= 4 is 45.8 Å². The summed E-state index contributed by atoms with van der Waals surface area (Å²) < 4.78 is 85.7. The molecule has 5 fully saturated rings. The summed E-state index contributed by atoms with van der Waals surface area (Å²) >= 11 is 0. The molecule has 1 unspecified atom stereocenters. The summed E-state index contributed by atoms with van der Waals surface area (Å²) in [5.74, 6) is 4.02. The summed E-state index contributed by atoms with van der Waals surface area (Å²) in [7, 11) is 0. The van der Waals surface area contributed by atoms with Gasteiger partial charge in [-0.25, -0.2) is 18.3 Å². The number of aryl methyl sites for hydroxylation is 1. The summed E-state index contributed by atoms with van der Waals surface area (Å²) in [5.41, 5.74) is 0.500. The number of benzene rings is 1. The molecule has 62 heavy (non-hydrogen) atoms. The fourth-order valence-electron chi connectivity index (χ4n) is 9.77. The van der Waals surface area contributed by atoms with Crippen LogP contribution in [-0.4, -0.2) is 114 Å². The molecule has 10 rings (SSSR count). The van der Waals surface area contributed by atoms with Crippen LogP contribution in [0.4, 0.5) is 20.3 Å². The van der Waals surface area contributed by atoms with E-state index in [1.807, 2.05) is 6.07 Å². The van der Waals surface area contributed by atoms with Crippen LogP contribution >= 0.6 is 0 Å². The molecule has 3 atom stereocenters. The number of fused-ring (bicyclic) bond motifs is 4. The number of morpholine rings is 1. The molecule has 2 N–H and O–H groups in total. The summed E-state index contributed by atoms with van der Waals surface area (Å²) in [6.07, 6.45) is 6.97. The predicted molar refractivity (Wildman–Crippen MR) is 223 cm³/mol. The minimum Gasteiger partial charge on any atom is -0.374 e. The molecule has 2 bridgehead atoms. The van der Waals surface area contributed by atoms with Crippen LogP contribution in [0.25, 0.3) is 16.6 Å². The quantitative estimate of drug-likeness (QED) is 0.147. The second-order valence-electron chi connectivity index (χ2n) is 16.9. The van der Waals surface area contributed by atoms with Gasteiger partial charge in [0.05, 0.1) is 68.2 Å². The molecular formula is C44H49F2N11O5. The van der Waals surface area contributed by atoms with Crippen molar-refractivity contribution in [3.63, 3.8) is 0 Å². The molecule has 1 saturated carbocycles. The zero-order chi connectivity index (χ0) is 46.8. The number of nitrogens with zero attached hydrogens (tertiary/aromatic N) is 9. The maximum atomic E-state index is 14.3. The smallest absolute Gasteiger partial charge is 0.284 e. The van der Waals surface area contributed by atoms with Gasteiger partial charge in [-0.15, -0.1) is 0 Å². The minimum atomic E-state index is -2.90. The van der Waals surface area contributed by atoms with Gasteiger partial charge in [-0.2, -0.15) is 15.3 Å². The summed E-state index contributed by atoms with van der Waals surface area (Å²) in [6.45, 7) is -1.54. The SMILES string of the molecule is [2H]C([2H])(C#Cc1cccc2c(C3CCC(=O)NC3=O)nn(C([2H])([2H])[2H])c12)OC1CCN(CC2CCC(n3cc(NC(=O)c4cnn5ccc(N6C[C@@H]7C[C@H]6CO7)nc45)c(C(F)F)n3)CC2)CC1. The Bertz CT molecular complexity index is 2790. The second kappa shape index (κ2) is 16.8. The van der Waals surface area contributed by atoms with Gasteiger partial charge in [-0.05, 0) is 69.4 Å². The van der Waals surface area contributed by atoms with Crippen molar-refractivity contribution in [1.82, 2.24) is 44.4 Å². The number of alkyl halides is 2. The molecule has 4 saturated heterocycles. The summed E-state index contributed by atoms with van der Waals surface area (Å²) in [4.78, 5) is 47.3. The van der Waals surface area contributed by atoms with Crippen molar-refractivity contribution in [3.8, 4) is 11.8 Å². The average molecular weight is 855 g/mol. The van der Waals surface area contributed by atoms with Crippen molar-refractivity contribution < 1.29 is 39.5 Å². The van der Waals surface area contributed by atoms with Gasteiger partial charge in [0.1, 0.15) is 17.9 Å². The lowest BCUT2D eigenvalue weighted by Crippen LogP contribution is -2.40. The lowest BCUT2D eigenvalue weighted by molar-refractivity contribution is -0.134. The zero-order valence-corrected chi connectivity index (χ0v) is 33.8. The number of hydrogen-bond donors (Lipinski definition) is 2. The number of piperidine rings is 2. The monoisotopic (exact) mass is 854 g/mol. The first kappa shape index (κ1) is 34.8. The Morgan fingerprint density at radius 1 is 1.11 bits per heavy atom. The normalized spacial score (nSPS) is 26.2. The van der Waals surface area contributed by atoms with E-state index in [4.69, 9.17) is 21.3 Å². The Kier molecular flexibility index (Phi) is 9.44. The maximum Gasteiger partial charge on any atom is 0.284 e. The van der Waals surface area contributed by atoms with Gasteiger partial charge in [0.15, 0.2) is 11.3 Å². The zero-order valence-electron chi connectivity index (χ0n) is 38.8. The highest BCUT2D eigenvalue weighted by atomic mass is 19.3. The predicted octanol–water partition coefficient (Wildman–Crippen LogP) is 4.76. The molecule has 5 aromatic rings. The second-order valence-corrected chi connectivity index (χ2v) is 16.9. The fraction of sp³-hybridized carbons (Fsp3) is 0.523. The molecule has 3 amide bonds. The van der Waals surface area contributed by atoms with E-state index >= 15 is 0 Å². The van der Waals surface area contributed by atoms with Gasteiger partial charge in [-0.1, -0.05) is 24.0 Å². The molecule has 16 nitrogen and oxygen atoms in total. The standard InChI is InChI=1S/C44H49F2N11O5/c1-53-40-27(4-2-6-32(40)38(51-53)33-11-12-37(58)50-43(33)59)5-3-19-61-30-13-16-54(17-14-30)22-26-7-9-28(10-8-26)57-24-35(39(52-57)41(45)46)48-44(60)34-21-47-56-18-15-36(49-42(34)56)55-23-31-20-29(55)25-62-31/h2,4,6,15,18,21,24,26,28-31,33,41H,7-14,16-17,19-20,22-23,25H2,1H3,(H,48,60)(H,50,58,59)/t26?,28?,29-,31-,33?/m0/s1/i1D3,19D2. The Labute approximate surface area is 363 Å². The molecule has 324 valence electrons. The van der Waals surface area contributed by atoms with Gasteiger partial charge < -0.3 is 24.6 Å². The van der Waals surface area contributed by atoms with Crippen LogP contribution in [0.3, 0.4) is 0 Å². The van der Waals surface area contributed by atoms with Crippen molar-refractivity contribution in [3.05, 3.63) is 65.4 Å². The number of rotatable bonds is 10. The molecule has 0 spiro atoms. The number of carbonyl (C=O) groups excluding carboxylic acids is 3. The van der Waals surface area contributed by atoms with Crippen molar-refractivity contribution in [2.45, 2.75) is 94.4 Å². The van der Waals surface area contributed by atoms with E-state index in [2.05, 4.69) is 47.6 Å². The number of anilines is 2. The number of ether oxygens (including phenoxy) is 2. The number of aromatic nitrogens is 7. The number of halogens is 2. The third-order valence-corrected chi connectivity index (χ3v) is 13.0. The number of nitrogens with one attached hydrogen (secondary N) is 2. The van der Waals surface area contributed by atoms with Crippen LogP contribution in [0.5, 0.6) is 0 Å². The number of imide groups is 1. The van der Waals surface area contributed by atoms with E-state index in [9.17, 15) is 23.2 Å². The van der Waals surface area contributed by atoms with Crippen LogP contribution in [0.1, 0.15) is 110 Å². The highest BCUT2D eigenvalue weighted by Crippen LogP contribution is 2.37. The first-order valence-electron chi connectivity index (χ1n) is 23.8. The van der Waals surface area contributed by atoms with E-state index < -0.39 is 55.4 Å². The molecule has 18 heteroatoms. The van der Waals surface area contributed by atoms with Crippen molar-refractivity contribution in [1.29, 1.82) is 0 Å². The van der Waals surface area contributed by atoms with E-state index in [1.165, 1.54) is 16.9 Å². The van der Waals surface area contributed by atoms with Crippen LogP contribution in [-0.2, 0) is 26.0 Å². The summed E-state index contributed by atoms with van der Waals surface area (Å²) in [5, 5.41) is 18.2. The molecule has 1 aromatic carbocycles. The number of para-hydroxylation sites is 1. The molecule has 5 aliphatic rings. The lowest BCUT2D eigenvalue weighted by atomic mass is 9.85. The van der Waals surface area contributed by atoms with Crippen LogP contribution < -0.4 is 15.5 Å². The van der Waals surface area contributed by atoms with Crippen LogP contribution in [0.15, 0.2) is 42.9 Å². The van der Waals surface area contributed by atoms with Gasteiger partial charge in [0.2, 0.25) is 11.8 Å². The van der Waals surface area contributed by atoms with Gasteiger partial charge in [0, 0.05) is 61.5 Å². The average Bonchev–Trinajstić information content (AvgIpc) is 4.15. The Balaban J connectivity index is 0.726. The minimum absolute atomic E-state index is 0.0500. The Morgan fingerprint density at radius 3 is 2.73 bits per heavy atom. The van der Waals surface area contributed by atoms with E-state index in [-0.39, 0.29) is 59.1 Å². The maximum absolute atomic E-state index is 14.3. The van der Waals surface area contributed by atoms with E-state index in [1.54, 1.807) is 29.1 Å². The molecule has 4 aromatic heterocycles. The molecule has 0 radical (unpaired) electrons. The van der Waals surface area contributed by atoms with Crippen molar-refractivity contribution in [2.75, 3.05) is 49.6 Å². The highest BCUT2D eigenvalue weighted by Gasteiger charge is 2.40. The van der Waals surface area contributed by atoms with Gasteiger partial charge >= 0.3 is 0 Å². The lowest BCUT2D eigenvalue weighted by Gasteiger charge is -2.36. The third kappa shape index (κ3) is 7.93. The Morgan fingerprint density at radius 2 is 1.97 bits per heavy atom. The molecule has 4 aliphatic heterocycles. The number of carbonyl (C=O) groups is 3. The van der Waals surface area contributed by atoms with Crippen LogP contribution in [0.2, 0.25) is 0 Å². The van der Waals surface area contributed by atoms with Crippen molar-refractivity contribution in [2.24, 2.45) is 12.9 Å². The van der Waals surface area contributed by atoms with Gasteiger partial charge in [0.25, 0.3) is 12.3 Å². The van der Waals surface area contributed by atoms with E-state index in [0.29, 0.717) is 61.9 Å². The third-order valence-electron chi connectivity index (χ3n) is 13.0. The first-order chi connectivity index (χ1) is 32.1.